The van der Waals surface area contributed by atoms with Crippen molar-refractivity contribution in [3.63, 3.8) is 0 Å². The molecule has 0 unspecified atom stereocenters. The largest absolute Gasteiger partial charge is 0.309 e. The summed E-state index contributed by atoms with van der Waals surface area (Å²) in [5.74, 6) is 0.700. The summed E-state index contributed by atoms with van der Waals surface area (Å²) in [7, 11) is 0. The maximum atomic E-state index is 5.38. The Morgan fingerprint density at radius 3 is 1.66 bits per heavy atom. The molecule has 0 saturated carbocycles. The highest BCUT2D eigenvalue weighted by Gasteiger charge is 2.18. The second-order valence-electron chi connectivity index (χ2n) is 15.4. The Morgan fingerprint density at radius 1 is 0.305 bits per heavy atom. The fourth-order valence-electron chi connectivity index (χ4n) is 8.99. The van der Waals surface area contributed by atoms with Crippen LogP contribution in [-0.4, -0.2) is 14.5 Å². The zero-order valence-corrected chi connectivity index (χ0v) is 32.0. The number of hydrogen-bond acceptors (Lipinski definition) is 2. The Hall–Kier alpha value is -7.88. The lowest BCUT2D eigenvalue weighted by Gasteiger charge is -2.13. The molecule has 0 radical (unpaired) electrons. The van der Waals surface area contributed by atoms with Gasteiger partial charge in [0.25, 0.3) is 0 Å². The minimum Gasteiger partial charge on any atom is -0.309 e. The molecule has 0 saturated heterocycles. The van der Waals surface area contributed by atoms with Gasteiger partial charge in [0.15, 0.2) is 5.82 Å². The smallest absolute Gasteiger partial charge is 0.160 e. The first-order chi connectivity index (χ1) is 29.2. The van der Waals surface area contributed by atoms with Crippen molar-refractivity contribution in [2.24, 2.45) is 0 Å². The Balaban J connectivity index is 1.00. The van der Waals surface area contributed by atoms with E-state index in [1.54, 1.807) is 0 Å². The molecule has 10 aromatic carbocycles. The first-order valence-electron chi connectivity index (χ1n) is 20.1. The molecule has 2 heterocycles. The molecule has 12 rings (SSSR count). The van der Waals surface area contributed by atoms with E-state index in [9.17, 15) is 0 Å². The van der Waals surface area contributed by atoms with E-state index in [4.69, 9.17) is 9.97 Å². The standard InChI is InChI=1S/C56H35N3/c1-2-10-36(11-3-1)38-18-20-39(21-19-38)45-26-30-51-49(33-45)55(46-23-22-37-12-4-5-14-42(37)32-46)58-56(57-51)41-24-28-47(29-25-41)59-52-31-27-40-13-8-9-17-48(40)54(52)50-34-43-15-6-7-16-44(43)35-53(50)59/h1-35H. The van der Waals surface area contributed by atoms with Crippen LogP contribution in [0.15, 0.2) is 212 Å². The molecule has 59 heavy (non-hydrogen) atoms. The Morgan fingerprint density at radius 2 is 0.881 bits per heavy atom. The minimum atomic E-state index is 0.700. The van der Waals surface area contributed by atoms with Gasteiger partial charge in [0.05, 0.1) is 22.2 Å². The number of hydrogen-bond donors (Lipinski definition) is 0. The number of rotatable bonds is 5. The molecule has 0 aliphatic heterocycles. The molecule has 2 aromatic heterocycles. The Bertz CT molecular complexity index is 3580. The lowest BCUT2D eigenvalue weighted by Crippen LogP contribution is -1.97. The van der Waals surface area contributed by atoms with E-state index in [0.29, 0.717) is 5.82 Å². The Kier molecular flexibility index (Phi) is 7.54. The molecular formula is C56H35N3. The third-order valence-corrected chi connectivity index (χ3v) is 11.9. The summed E-state index contributed by atoms with van der Waals surface area (Å²) in [5, 5.41) is 10.9. The SMILES string of the molecule is c1ccc(-c2ccc(-c3ccc4nc(-c5ccc(-n6c7cc8ccccc8cc7c7c8ccccc8ccc76)cc5)nc(-c5ccc6ccccc6c5)c4c3)cc2)cc1. The zero-order chi connectivity index (χ0) is 38.9. The molecule has 0 fully saturated rings. The molecule has 0 amide bonds. The first-order valence-corrected chi connectivity index (χ1v) is 20.1. The molecule has 12 aromatic rings. The quantitative estimate of drug-likeness (QED) is 0.175. The summed E-state index contributed by atoms with van der Waals surface area (Å²) >= 11 is 0. The van der Waals surface area contributed by atoms with Crippen LogP contribution in [0.2, 0.25) is 0 Å². The van der Waals surface area contributed by atoms with Crippen molar-refractivity contribution < 1.29 is 0 Å². The maximum Gasteiger partial charge on any atom is 0.160 e. The average molecular weight is 750 g/mol. The predicted octanol–water partition coefficient (Wildman–Crippen LogP) is 14.9. The highest BCUT2D eigenvalue weighted by molar-refractivity contribution is 6.23. The van der Waals surface area contributed by atoms with Gasteiger partial charge in [-0.25, -0.2) is 9.97 Å². The summed E-state index contributed by atoms with van der Waals surface area (Å²) in [4.78, 5) is 10.6. The van der Waals surface area contributed by atoms with Crippen LogP contribution in [0.5, 0.6) is 0 Å². The second-order valence-corrected chi connectivity index (χ2v) is 15.4. The monoisotopic (exact) mass is 749 g/mol. The number of benzene rings is 10. The molecule has 0 bridgehead atoms. The van der Waals surface area contributed by atoms with E-state index in [0.717, 1.165) is 44.5 Å². The molecule has 274 valence electrons. The first kappa shape index (κ1) is 33.3. The highest BCUT2D eigenvalue weighted by Crippen LogP contribution is 2.40. The third kappa shape index (κ3) is 5.59. The summed E-state index contributed by atoms with van der Waals surface area (Å²) < 4.78 is 2.41. The lowest BCUT2D eigenvalue weighted by atomic mass is 9.97. The van der Waals surface area contributed by atoms with Gasteiger partial charge >= 0.3 is 0 Å². The van der Waals surface area contributed by atoms with Gasteiger partial charge in [0.1, 0.15) is 0 Å². The van der Waals surface area contributed by atoms with Crippen molar-refractivity contribution in [1.29, 1.82) is 0 Å². The van der Waals surface area contributed by atoms with Gasteiger partial charge in [-0.1, -0.05) is 152 Å². The topological polar surface area (TPSA) is 30.7 Å². The summed E-state index contributed by atoms with van der Waals surface area (Å²) in [6.07, 6.45) is 0. The molecular weight excluding hydrogens is 715 g/mol. The number of fused-ring (bicyclic) bond motifs is 8. The van der Waals surface area contributed by atoms with Gasteiger partial charge in [-0.15, -0.1) is 0 Å². The van der Waals surface area contributed by atoms with Crippen molar-refractivity contribution >= 4 is 65.0 Å². The van der Waals surface area contributed by atoms with Gasteiger partial charge < -0.3 is 4.57 Å². The van der Waals surface area contributed by atoms with Crippen molar-refractivity contribution in [3.8, 4) is 50.6 Å². The van der Waals surface area contributed by atoms with E-state index < -0.39 is 0 Å². The van der Waals surface area contributed by atoms with Crippen LogP contribution in [0.1, 0.15) is 0 Å². The molecule has 0 spiro atoms. The van der Waals surface area contributed by atoms with E-state index in [1.165, 1.54) is 65.3 Å². The fraction of sp³-hybridized carbons (Fsp3) is 0. The summed E-state index contributed by atoms with van der Waals surface area (Å²) in [6.45, 7) is 0. The summed E-state index contributed by atoms with van der Waals surface area (Å²) in [6, 6.07) is 76.3. The molecule has 0 aliphatic carbocycles. The van der Waals surface area contributed by atoms with E-state index in [2.05, 4.69) is 217 Å². The highest BCUT2D eigenvalue weighted by atomic mass is 15.0. The van der Waals surface area contributed by atoms with Crippen molar-refractivity contribution in [3.05, 3.63) is 212 Å². The molecule has 3 heteroatoms. The van der Waals surface area contributed by atoms with Gasteiger partial charge in [0.2, 0.25) is 0 Å². The Labute approximate surface area is 341 Å². The lowest BCUT2D eigenvalue weighted by molar-refractivity contribution is 1.18. The van der Waals surface area contributed by atoms with Gasteiger partial charge in [-0.05, 0) is 115 Å². The maximum absolute atomic E-state index is 5.38. The van der Waals surface area contributed by atoms with Crippen LogP contribution in [0, 0.1) is 0 Å². The van der Waals surface area contributed by atoms with Crippen LogP contribution in [0.25, 0.3) is 116 Å². The molecule has 3 nitrogen and oxygen atoms in total. The van der Waals surface area contributed by atoms with Crippen LogP contribution < -0.4 is 0 Å². The van der Waals surface area contributed by atoms with E-state index in [-0.39, 0.29) is 0 Å². The normalized spacial score (nSPS) is 11.7. The van der Waals surface area contributed by atoms with Gasteiger partial charge in [0, 0.05) is 33.0 Å². The van der Waals surface area contributed by atoms with Crippen molar-refractivity contribution in [2.45, 2.75) is 0 Å². The van der Waals surface area contributed by atoms with Crippen molar-refractivity contribution in [1.82, 2.24) is 14.5 Å². The van der Waals surface area contributed by atoms with E-state index >= 15 is 0 Å². The van der Waals surface area contributed by atoms with Gasteiger partial charge in [-0.2, -0.15) is 0 Å². The molecule has 0 aliphatic rings. The average Bonchev–Trinajstić information content (AvgIpc) is 3.64. The van der Waals surface area contributed by atoms with Crippen LogP contribution in [0.4, 0.5) is 0 Å². The third-order valence-electron chi connectivity index (χ3n) is 11.9. The summed E-state index contributed by atoms with van der Waals surface area (Å²) in [5.41, 5.74) is 12.0. The van der Waals surface area contributed by atoms with Crippen LogP contribution in [0.3, 0.4) is 0 Å². The predicted molar refractivity (Wildman–Crippen MR) is 248 cm³/mol. The number of aromatic nitrogens is 3. The van der Waals surface area contributed by atoms with Gasteiger partial charge in [-0.3, -0.25) is 0 Å². The molecule has 0 N–H and O–H groups in total. The van der Waals surface area contributed by atoms with Crippen molar-refractivity contribution in [2.75, 3.05) is 0 Å². The van der Waals surface area contributed by atoms with E-state index in [1.807, 2.05) is 0 Å². The fourth-order valence-corrected chi connectivity index (χ4v) is 8.99. The zero-order valence-electron chi connectivity index (χ0n) is 32.0. The van der Waals surface area contributed by atoms with Crippen LogP contribution >= 0.6 is 0 Å². The van der Waals surface area contributed by atoms with Crippen LogP contribution in [-0.2, 0) is 0 Å². The molecule has 0 atom stereocenters. The second kappa shape index (κ2) is 13.4. The number of nitrogens with zero attached hydrogens (tertiary/aromatic N) is 3. The minimum absolute atomic E-state index is 0.700.